The number of hydrogen-bond acceptors (Lipinski definition) is 3. The number of ether oxygens (including phenoxy) is 1. The number of unbranched alkanes of at least 4 members (excludes halogenated alkanes) is 3. The molecule has 0 amide bonds. The molecule has 6 heteroatoms. The summed E-state index contributed by atoms with van der Waals surface area (Å²) in [6.07, 6.45) is 6.30. The van der Waals surface area contributed by atoms with Crippen LogP contribution in [0, 0.1) is 0 Å². The first-order valence-electron chi connectivity index (χ1n) is 9.64. The number of halogens is 3. The molecular weight excluding hydrogens is 429 g/mol. The fourth-order valence-electron chi connectivity index (χ4n) is 2.92. The quantitative estimate of drug-likeness (QED) is 0.198. The van der Waals surface area contributed by atoms with Crippen LogP contribution < -0.4 is 4.74 Å². The molecule has 0 N–H and O–H groups in total. The number of carbonyl (C=O) groups is 1. The van der Waals surface area contributed by atoms with Crippen molar-refractivity contribution in [2.24, 2.45) is 0 Å². The van der Waals surface area contributed by atoms with E-state index in [4.69, 9.17) is 39.5 Å². The molecule has 0 aromatic heterocycles. The maximum atomic E-state index is 12.7. The molecule has 0 unspecified atom stereocenters. The molecule has 0 saturated heterocycles. The summed E-state index contributed by atoms with van der Waals surface area (Å²) in [6, 6.07) is 9.83. The number of carbonyl (C=O) groups excluding carboxylic acids is 1. The van der Waals surface area contributed by atoms with Crippen molar-refractivity contribution in [2.75, 3.05) is 26.7 Å². The average molecular weight is 455 g/mol. The highest BCUT2D eigenvalue weighted by Gasteiger charge is 2.15. The van der Waals surface area contributed by atoms with Crippen molar-refractivity contribution in [3.05, 3.63) is 75.2 Å². The van der Waals surface area contributed by atoms with Crippen LogP contribution in [0.15, 0.2) is 49.1 Å². The fraction of sp³-hybridized carbons (Fsp3) is 0.348. The molecule has 0 bridgehead atoms. The summed E-state index contributed by atoms with van der Waals surface area (Å²) < 4.78 is 5.77. The van der Waals surface area contributed by atoms with Gasteiger partial charge in [0, 0.05) is 22.7 Å². The van der Waals surface area contributed by atoms with Crippen molar-refractivity contribution in [3.63, 3.8) is 0 Å². The summed E-state index contributed by atoms with van der Waals surface area (Å²) in [5, 5.41) is 1.21. The second-order valence-corrected chi connectivity index (χ2v) is 8.16. The van der Waals surface area contributed by atoms with Gasteiger partial charge in [-0.1, -0.05) is 53.7 Å². The molecule has 0 atom stereocenters. The summed E-state index contributed by atoms with van der Waals surface area (Å²) in [5.74, 6) is 0.373. The Morgan fingerprint density at radius 1 is 1.03 bits per heavy atom. The van der Waals surface area contributed by atoms with Gasteiger partial charge in [0.15, 0.2) is 5.78 Å². The molecule has 0 aliphatic heterocycles. The molecule has 156 valence electrons. The number of hydrogen-bond donors (Lipinski definition) is 0. The van der Waals surface area contributed by atoms with Crippen LogP contribution in [0.25, 0.3) is 0 Å². The van der Waals surface area contributed by atoms with Crippen LogP contribution in [0.1, 0.15) is 41.6 Å². The maximum Gasteiger partial charge on any atom is 0.194 e. The van der Waals surface area contributed by atoms with Gasteiger partial charge in [0.25, 0.3) is 0 Å². The van der Waals surface area contributed by atoms with Gasteiger partial charge >= 0.3 is 0 Å². The minimum atomic E-state index is -0.207. The summed E-state index contributed by atoms with van der Waals surface area (Å²) in [7, 11) is 2.10. The lowest BCUT2D eigenvalue weighted by Gasteiger charge is -2.13. The average Bonchev–Trinajstić information content (AvgIpc) is 2.68. The van der Waals surface area contributed by atoms with Crippen molar-refractivity contribution < 1.29 is 9.53 Å². The fourth-order valence-corrected chi connectivity index (χ4v) is 3.65. The van der Waals surface area contributed by atoms with Gasteiger partial charge < -0.3 is 9.64 Å². The predicted octanol–water partition coefficient (Wildman–Crippen LogP) is 6.93. The molecule has 2 rings (SSSR count). The van der Waals surface area contributed by atoms with Gasteiger partial charge in [-0.05, 0) is 62.8 Å². The Hall–Kier alpha value is -1.52. The van der Waals surface area contributed by atoms with E-state index in [2.05, 4.69) is 18.5 Å². The first kappa shape index (κ1) is 23.8. The third-order valence-electron chi connectivity index (χ3n) is 4.50. The van der Waals surface area contributed by atoms with Crippen LogP contribution in [0.4, 0.5) is 0 Å². The minimum absolute atomic E-state index is 0.207. The van der Waals surface area contributed by atoms with Gasteiger partial charge in [0.2, 0.25) is 0 Å². The van der Waals surface area contributed by atoms with Crippen molar-refractivity contribution in [1.29, 1.82) is 0 Å². The Morgan fingerprint density at radius 3 is 2.48 bits per heavy atom. The molecule has 2 aromatic carbocycles. The second kappa shape index (κ2) is 12.2. The lowest BCUT2D eigenvalue weighted by molar-refractivity contribution is 0.103. The van der Waals surface area contributed by atoms with Gasteiger partial charge in [-0.15, -0.1) is 6.58 Å². The highest BCUT2D eigenvalue weighted by molar-refractivity contribution is 6.37. The van der Waals surface area contributed by atoms with E-state index >= 15 is 0 Å². The lowest BCUT2D eigenvalue weighted by atomic mass is 10.0. The zero-order valence-electron chi connectivity index (χ0n) is 16.6. The lowest BCUT2D eigenvalue weighted by Crippen LogP contribution is -2.19. The minimum Gasteiger partial charge on any atom is -0.492 e. The van der Waals surface area contributed by atoms with Crippen molar-refractivity contribution >= 4 is 40.6 Å². The Labute approximate surface area is 188 Å². The highest BCUT2D eigenvalue weighted by Crippen LogP contribution is 2.29. The zero-order valence-corrected chi connectivity index (χ0v) is 18.9. The first-order valence-corrected chi connectivity index (χ1v) is 10.8. The molecule has 0 aliphatic rings. The van der Waals surface area contributed by atoms with Crippen LogP contribution in [-0.4, -0.2) is 37.4 Å². The van der Waals surface area contributed by atoms with Crippen LogP contribution in [0.5, 0.6) is 5.75 Å². The van der Waals surface area contributed by atoms with Gasteiger partial charge in [-0.3, -0.25) is 4.79 Å². The largest absolute Gasteiger partial charge is 0.492 e. The standard InChI is InChI=1S/C23H26Cl3NO2/c1-3-12-27(2)13-6-4-5-7-14-29-22-11-8-17(15-21(22)26)23(28)19-10-9-18(24)16-20(19)25/h3,8-11,15-16H,1,4-7,12-14H2,2H3. The van der Waals surface area contributed by atoms with E-state index in [-0.39, 0.29) is 5.78 Å². The second-order valence-electron chi connectivity index (χ2n) is 6.91. The van der Waals surface area contributed by atoms with Crippen molar-refractivity contribution in [1.82, 2.24) is 4.90 Å². The van der Waals surface area contributed by atoms with E-state index in [0.717, 1.165) is 38.8 Å². The van der Waals surface area contributed by atoms with Crippen LogP contribution in [-0.2, 0) is 0 Å². The molecule has 29 heavy (non-hydrogen) atoms. The molecule has 0 saturated carbocycles. The third-order valence-corrected chi connectivity index (χ3v) is 5.35. The third kappa shape index (κ3) is 7.67. The summed E-state index contributed by atoms with van der Waals surface area (Å²) in [6.45, 7) is 6.34. The Bertz CT molecular complexity index is 839. The van der Waals surface area contributed by atoms with Crippen molar-refractivity contribution in [3.8, 4) is 5.75 Å². The molecule has 0 heterocycles. The number of ketones is 1. The van der Waals surface area contributed by atoms with E-state index in [1.807, 2.05) is 6.08 Å². The smallest absolute Gasteiger partial charge is 0.194 e. The molecule has 3 nitrogen and oxygen atoms in total. The Balaban J connectivity index is 1.80. The predicted molar refractivity (Wildman–Crippen MR) is 123 cm³/mol. The van der Waals surface area contributed by atoms with Crippen molar-refractivity contribution in [2.45, 2.75) is 25.7 Å². The Kier molecular flexibility index (Phi) is 10.0. The van der Waals surface area contributed by atoms with E-state index in [9.17, 15) is 4.79 Å². The highest BCUT2D eigenvalue weighted by atomic mass is 35.5. The van der Waals surface area contributed by atoms with Crippen LogP contribution in [0.2, 0.25) is 15.1 Å². The van der Waals surface area contributed by atoms with E-state index in [1.165, 1.54) is 0 Å². The van der Waals surface area contributed by atoms with Gasteiger partial charge in [0.05, 0.1) is 16.7 Å². The van der Waals surface area contributed by atoms with Gasteiger partial charge in [-0.2, -0.15) is 0 Å². The van der Waals surface area contributed by atoms with Crippen LogP contribution >= 0.6 is 34.8 Å². The van der Waals surface area contributed by atoms with E-state index < -0.39 is 0 Å². The molecule has 0 spiro atoms. The number of benzene rings is 2. The summed E-state index contributed by atoms with van der Waals surface area (Å²) in [4.78, 5) is 14.9. The monoisotopic (exact) mass is 453 g/mol. The van der Waals surface area contributed by atoms with Gasteiger partial charge in [0.1, 0.15) is 5.75 Å². The summed E-state index contributed by atoms with van der Waals surface area (Å²) in [5.41, 5.74) is 0.842. The van der Waals surface area contributed by atoms with Gasteiger partial charge in [-0.25, -0.2) is 0 Å². The first-order chi connectivity index (χ1) is 13.9. The normalized spacial score (nSPS) is 10.9. The topological polar surface area (TPSA) is 29.5 Å². The molecular formula is C23H26Cl3NO2. The van der Waals surface area contributed by atoms with E-state index in [1.54, 1.807) is 36.4 Å². The SMILES string of the molecule is C=CCN(C)CCCCCCOc1ccc(C(=O)c2ccc(Cl)cc2Cl)cc1Cl. The van der Waals surface area contributed by atoms with E-state index in [0.29, 0.717) is 38.6 Å². The number of likely N-dealkylation sites (N-methyl/N-ethyl adjacent to an activating group) is 1. The molecule has 2 aromatic rings. The number of rotatable bonds is 12. The molecule has 0 aliphatic carbocycles. The zero-order chi connectivity index (χ0) is 21.2. The van der Waals surface area contributed by atoms with Crippen LogP contribution in [0.3, 0.4) is 0 Å². The number of nitrogens with zero attached hydrogens (tertiary/aromatic N) is 1. The maximum absolute atomic E-state index is 12.7. The Morgan fingerprint density at radius 2 is 1.79 bits per heavy atom. The summed E-state index contributed by atoms with van der Waals surface area (Å²) >= 11 is 18.3. The molecule has 0 fully saturated rings. The molecule has 0 radical (unpaired) electrons.